The average molecular weight is 368 g/mol. The number of nitrogens with zero attached hydrogens (tertiary/aromatic N) is 2. The lowest BCUT2D eigenvalue weighted by Gasteiger charge is -2.04. The topological polar surface area (TPSA) is 85.1 Å². The van der Waals surface area contributed by atoms with Gasteiger partial charge in [0.15, 0.2) is 0 Å². The van der Waals surface area contributed by atoms with Gasteiger partial charge in [0.25, 0.3) is 0 Å². The molecular formula is C15H11ClFN3O3S. The highest BCUT2D eigenvalue weighted by atomic mass is 35.5. The van der Waals surface area contributed by atoms with E-state index in [0.29, 0.717) is 10.6 Å². The van der Waals surface area contributed by atoms with E-state index < -0.39 is 10.0 Å². The molecule has 0 fully saturated rings. The molecule has 0 radical (unpaired) electrons. The Morgan fingerprint density at radius 2 is 1.75 bits per heavy atom. The standard InChI is InChI=1S/C15H11ClFN3O3S/c16-11-3-7-13(8-4-11)24(21,22)18-9-14-19-15(20-23-14)10-1-5-12(17)6-2-10/h1-8,18H,9H2. The van der Waals surface area contributed by atoms with E-state index >= 15 is 0 Å². The van der Waals surface area contributed by atoms with Gasteiger partial charge < -0.3 is 4.52 Å². The molecule has 0 spiro atoms. The number of benzene rings is 2. The van der Waals surface area contributed by atoms with E-state index in [1.807, 2.05) is 0 Å². The van der Waals surface area contributed by atoms with Gasteiger partial charge in [-0.1, -0.05) is 16.8 Å². The Hall–Kier alpha value is -2.29. The van der Waals surface area contributed by atoms with Crippen molar-refractivity contribution < 1.29 is 17.3 Å². The molecule has 3 aromatic rings. The minimum Gasteiger partial charge on any atom is -0.338 e. The fourth-order valence-corrected chi connectivity index (χ4v) is 3.00. The van der Waals surface area contributed by atoms with Crippen molar-refractivity contribution in [1.29, 1.82) is 0 Å². The van der Waals surface area contributed by atoms with Crippen molar-refractivity contribution >= 4 is 21.6 Å². The molecule has 0 aliphatic heterocycles. The maximum Gasteiger partial charge on any atom is 0.242 e. The first-order valence-electron chi connectivity index (χ1n) is 6.78. The summed E-state index contributed by atoms with van der Waals surface area (Å²) in [6.07, 6.45) is 0. The van der Waals surface area contributed by atoms with Crippen LogP contribution in [0, 0.1) is 5.82 Å². The van der Waals surface area contributed by atoms with Gasteiger partial charge in [0.1, 0.15) is 5.82 Å². The lowest BCUT2D eigenvalue weighted by Crippen LogP contribution is -2.23. The first-order chi connectivity index (χ1) is 11.4. The van der Waals surface area contributed by atoms with Gasteiger partial charge in [-0.2, -0.15) is 4.98 Å². The lowest BCUT2D eigenvalue weighted by molar-refractivity contribution is 0.376. The van der Waals surface area contributed by atoms with E-state index in [-0.39, 0.29) is 29.0 Å². The molecule has 1 heterocycles. The lowest BCUT2D eigenvalue weighted by atomic mass is 10.2. The number of hydrogen-bond donors (Lipinski definition) is 1. The number of aromatic nitrogens is 2. The molecule has 2 aromatic carbocycles. The van der Waals surface area contributed by atoms with Crippen LogP contribution in [-0.4, -0.2) is 18.6 Å². The van der Waals surface area contributed by atoms with E-state index in [1.165, 1.54) is 48.5 Å². The molecule has 6 nitrogen and oxygen atoms in total. The summed E-state index contributed by atoms with van der Waals surface area (Å²) in [7, 11) is -3.72. The molecule has 0 atom stereocenters. The molecule has 0 saturated heterocycles. The SMILES string of the molecule is O=S(=O)(NCc1nc(-c2ccc(F)cc2)no1)c1ccc(Cl)cc1. The van der Waals surface area contributed by atoms with Crippen LogP contribution in [0.5, 0.6) is 0 Å². The number of halogens is 2. The maximum absolute atomic E-state index is 12.9. The minimum atomic E-state index is -3.72. The van der Waals surface area contributed by atoms with Crippen LogP contribution in [0.15, 0.2) is 57.9 Å². The van der Waals surface area contributed by atoms with Gasteiger partial charge in [-0.15, -0.1) is 0 Å². The fraction of sp³-hybridized carbons (Fsp3) is 0.0667. The monoisotopic (exact) mass is 367 g/mol. The van der Waals surface area contributed by atoms with Crippen LogP contribution < -0.4 is 4.72 Å². The van der Waals surface area contributed by atoms with Gasteiger partial charge >= 0.3 is 0 Å². The Balaban J connectivity index is 1.71. The number of rotatable bonds is 5. The Kier molecular flexibility index (Phi) is 4.61. The van der Waals surface area contributed by atoms with E-state index in [1.54, 1.807) is 0 Å². The molecule has 124 valence electrons. The summed E-state index contributed by atoms with van der Waals surface area (Å²) in [6.45, 7) is -0.168. The largest absolute Gasteiger partial charge is 0.338 e. The Morgan fingerprint density at radius 1 is 1.08 bits per heavy atom. The zero-order valence-electron chi connectivity index (χ0n) is 12.1. The van der Waals surface area contributed by atoms with Gasteiger partial charge in [-0.25, -0.2) is 17.5 Å². The van der Waals surface area contributed by atoms with Gasteiger partial charge in [0.2, 0.25) is 21.7 Å². The quantitative estimate of drug-likeness (QED) is 0.749. The molecule has 0 unspecified atom stereocenters. The summed E-state index contributed by atoms with van der Waals surface area (Å²) < 4.78 is 44.5. The summed E-state index contributed by atoms with van der Waals surface area (Å²) >= 11 is 5.73. The molecule has 3 rings (SSSR count). The Morgan fingerprint density at radius 3 is 2.42 bits per heavy atom. The van der Waals surface area contributed by atoms with Crippen LogP contribution in [0.4, 0.5) is 4.39 Å². The average Bonchev–Trinajstić information content (AvgIpc) is 3.03. The van der Waals surface area contributed by atoms with Crippen LogP contribution in [0.3, 0.4) is 0 Å². The van der Waals surface area contributed by atoms with Crippen molar-refractivity contribution in [2.24, 2.45) is 0 Å². The summed E-state index contributed by atoms with van der Waals surface area (Å²) in [5, 5.41) is 4.18. The highest BCUT2D eigenvalue weighted by Crippen LogP contribution is 2.17. The maximum atomic E-state index is 12.9. The third-order valence-electron chi connectivity index (χ3n) is 3.11. The van der Waals surface area contributed by atoms with Gasteiger partial charge in [-0.3, -0.25) is 0 Å². The summed E-state index contributed by atoms with van der Waals surface area (Å²) in [5.74, 6) is -0.0410. The molecule has 1 aromatic heterocycles. The van der Waals surface area contributed by atoms with Crippen LogP contribution in [0.1, 0.15) is 5.89 Å². The van der Waals surface area contributed by atoms with Gasteiger partial charge in [-0.05, 0) is 48.5 Å². The highest BCUT2D eigenvalue weighted by Gasteiger charge is 2.16. The number of sulfonamides is 1. The van der Waals surface area contributed by atoms with E-state index in [4.69, 9.17) is 16.1 Å². The molecule has 0 amide bonds. The first-order valence-corrected chi connectivity index (χ1v) is 8.64. The molecule has 9 heteroatoms. The summed E-state index contributed by atoms with van der Waals surface area (Å²) in [6, 6.07) is 11.3. The van der Waals surface area contributed by atoms with Crippen molar-refractivity contribution in [1.82, 2.24) is 14.9 Å². The van der Waals surface area contributed by atoms with Crippen molar-refractivity contribution in [3.05, 3.63) is 65.3 Å². The van der Waals surface area contributed by atoms with Crippen molar-refractivity contribution in [2.75, 3.05) is 0 Å². The Bertz CT molecular complexity index is 941. The third-order valence-corrected chi connectivity index (χ3v) is 4.78. The van der Waals surface area contributed by atoms with Crippen molar-refractivity contribution in [3.8, 4) is 11.4 Å². The molecule has 1 N–H and O–H groups in total. The second-order valence-electron chi connectivity index (χ2n) is 4.80. The van der Waals surface area contributed by atoms with Gasteiger partial charge in [0.05, 0.1) is 11.4 Å². The smallest absolute Gasteiger partial charge is 0.242 e. The van der Waals surface area contributed by atoms with E-state index in [9.17, 15) is 12.8 Å². The predicted octanol–water partition coefficient (Wildman–Crippen LogP) is 3.01. The molecule has 0 aliphatic rings. The van der Waals surface area contributed by atoms with Crippen molar-refractivity contribution in [2.45, 2.75) is 11.4 Å². The molecule has 0 saturated carbocycles. The third kappa shape index (κ3) is 3.78. The highest BCUT2D eigenvalue weighted by molar-refractivity contribution is 7.89. The Labute approximate surface area is 142 Å². The number of hydrogen-bond acceptors (Lipinski definition) is 5. The van der Waals surface area contributed by atoms with E-state index in [2.05, 4.69) is 14.9 Å². The second-order valence-corrected chi connectivity index (χ2v) is 7.00. The second kappa shape index (κ2) is 6.68. The van der Waals surface area contributed by atoms with E-state index in [0.717, 1.165) is 0 Å². The fourth-order valence-electron chi connectivity index (χ4n) is 1.90. The molecule has 0 aliphatic carbocycles. The van der Waals surface area contributed by atoms with Crippen LogP contribution in [0.25, 0.3) is 11.4 Å². The molecule has 0 bridgehead atoms. The molecular weight excluding hydrogens is 357 g/mol. The minimum absolute atomic E-state index is 0.0742. The first kappa shape index (κ1) is 16.6. The van der Waals surface area contributed by atoms with Crippen LogP contribution in [-0.2, 0) is 16.6 Å². The summed E-state index contributed by atoms with van der Waals surface area (Å²) in [5.41, 5.74) is 0.562. The zero-order valence-corrected chi connectivity index (χ0v) is 13.7. The normalized spacial score (nSPS) is 11.6. The number of nitrogens with one attached hydrogen (secondary N) is 1. The van der Waals surface area contributed by atoms with Gasteiger partial charge in [0, 0.05) is 10.6 Å². The summed E-state index contributed by atoms with van der Waals surface area (Å²) in [4.78, 5) is 4.15. The predicted molar refractivity (Wildman–Crippen MR) is 85.2 cm³/mol. The molecule has 24 heavy (non-hydrogen) atoms. The zero-order chi connectivity index (χ0) is 17.2. The van der Waals surface area contributed by atoms with Crippen LogP contribution in [0.2, 0.25) is 5.02 Å². The van der Waals surface area contributed by atoms with Crippen LogP contribution >= 0.6 is 11.6 Å². The van der Waals surface area contributed by atoms with Crippen molar-refractivity contribution in [3.63, 3.8) is 0 Å².